The van der Waals surface area contributed by atoms with Crippen LogP contribution in [0.15, 0.2) is 88.4 Å². The second-order valence-electron chi connectivity index (χ2n) is 7.63. The number of benzene rings is 3. The molecule has 0 aliphatic carbocycles. The molecule has 0 saturated carbocycles. The topological polar surface area (TPSA) is 73.1 Å². The average molecular weight is 485 g/mol. The van der Waals surface area contributed by atoms with Gasteiger partial charge in [-0.2, -0.15) is 5.10 Å². The fourth-order valence-corrected chi connectivity index (χ4v) is 4.65. The van der Waals surface area contributed by atoms with Gasteiger partial charge < -0.3 is 19.2 Å². The van der Waals surface area contributed by atoms with Crippen LogP contribution in [0.1, 0.15) is 5.56 Å². The Hall–Kier alpha value is -4.30. The maximum atomic E-state index is 5.65. The summed E-state index contributed by atoms with van der Waals surface area (Å²) in [5.74, 6) is 2.18. The van der Waals surface area contributed by atoms with E-state index in [1.54, 1.807) is 21.3 Å². The molecule has 0 saturated heterocycles. The smallest absolute Gasteiger partial charge is 0.211 e. The molecule has 0 spiro atoms. The van der Waals surface area contributed by atoms with Gasteiger partial charge in [0.25, 0.3) is 0 Å². The fraction of sp³-hybridized carbons (Fsp3) is 0.111. The number of thiazole rings is 1. The highest BCUT2D eigenvalue weighted by Gasteiger charge is 2.14. The predicted molar refractivity (Wildman–Crippen MR) is 140 cm³/mol. The third-order valence-corrected chi connectivity index (χ3v) is 6.40. The number of hydrogen-bond acceptors (Lipinski definition) is 6. The number of ether oxygens (including phenoxy) is 3. The van der Waals surface area contributed by atoms with Gasteiger partial charge in [0.15, 0.2) is 0 Å². The molecule has 2 aromatic heterocycles. The first kappa shape index (κ1) is 22.5. The van der Waals surface area contributed by atoms with E-state index in [2.05, 4.69) is 11.1 Å². The third-order valence-electron chi connectivity index (χ3n) is 5.58. The van der Waals surface area contributed by atoms with Gasteiger partial charge >= 0.3 is 0 Å². The van der Waals surface area contributed by atoms with Gasteiger partial charge in [-0.25, -0.2) is 9.67 Å². The van der Waals surface area contributed by atoms with Crippen molar-refractivity contribution in [2.24, 2.45) is 10.1 Å². The number of fused-ring (bicyclic) bond motifs is 1. The first-order chi connectivity index (χ1) is 17.2. The molecule has 7 nitrogen and oxygen atoms in total. The summed E-state index contributed by atoms with van der Waals surface area (Å²) in [7, 11) is 4.94. The van der Waals surface area contributed by atoms with Gasteiger partial charge in [0.05, 0.1) is 38.9 Å². The molecule has 176 valence electrons. The Morgan fingerprint density at radius 2 is 1.71 bits per heavy atom. The minimum Gasteiger partial charge on any atom is -0.497 e. The highest BCUT2D eigenvalue weighted by Crippen LogP contribution is 2.34. The highest BCUT2D eigenvalue weighted by atomic mass is 32.1. The molecule has 1 N–H and O–H groups in total. The predicted octanol–water partition coefficient (Wildman–Crippen LogP) is 5.84. The molecule has 0 radical (unpaired) electrons. The van der Waals surface area contributed by atoms with E-state index in [1.165, 1.54) is 11.3 Å². The zero-order chi connectivity index (χ0) is 24.2. The van der Waals surface area contributed by atoms with Crippen molar-refractivity contribution in [1.29, 1.82) is 0 Å². The minimum atomic E-state index is 0.703. The maximum Gasteiger partial charge on any atom is 0.211 e. The number of hydrogen-bond donors (Lipinski definition) is 1. The van der Waals surface area contributed by atoms with Crippen molar-refractivity contribution in [1.82, 2.24) is 9.66 Å². The number of rotatable bonds is 7. The van der Waals surface area contributed by atoms with Crippen LogP contribution in [0.5, 0.6) is 17.2 Å². The van der Waals surface area contributed by atoms with Crippen LogP contribution in [-0.4, -0.2) is 37.2 Å². The van der Waals surface area contributed by atoms with Crippen LogP contribution < -0.4 is 19.0 Å². The van der Waals surface area contributed by atoms with Gasteiger partial charge in [0.2, 0.25) is 4.80 Å². The van der Waals surface area contributed by atoms with Crippen LogP contribution in [0.3, 0.4) is 0 Å². The largest absolute Gasteiger partial charge is 0.497 e. The van der Waals surface area contributed by atoms with Gasteiger partial charge in [-0.15, -0.1) is 11.3 Å². The van der Waals surface area contributed by atoms with Crippen molar-refractivity contribution in [2.45, 2.75) is 0 Å². The van der Waals surface area contributed by atoms with Crippen LogP contribution in [0.2, 0.25) is 0 Å². The number of aromatic nitrogens is 2. The van der Waals surface area contributed by atoms with E-state index in [0.717, 1.165) is 44.9 Å². The van der Waals surface area contributed by atoms with Crippen LogP contribution in [0.4, 0.5) is 5.69 Å². The second-order valence-corrected chi connectivity index (χ2v) is 8.47. The molecule has 5 rings (SSSR count). The van der Waals surface area contributed by atoms with Crippen molar-refractivity contribution in [3.8, 4) is 28.5 Å². The van der Waals surface area contributed by atoms with Crippen molar-refractivity contribution in [3.05, 3.63) is 88.7 Å². The van der Waals surface area contributed by atoms with Crippen molar-refractivity contribution < 1.29 is 14.2 Å². The summed E-state index contributed by atoms with van der Waals surface area (Å²) in [6.45, 7) is 0. The normalized spacial score (nSPS) is 11.9. The van der Waals surface area contributed by atoms with Gasteiger partial charge in [-0.1, -0.05) is 24.3 Å². The molecular formula is C27H24N4O3S. The van der Waals surface area contributed by atoms with Gasteiger partial charge in [0, 0.05) is 39.7 Å². The minimum absolute atomic E-state index is 0.703. The number of para-hydroxylation sites is 1. The van der Waals surface area contributed by atoms with Crippen LogP contribution in [-0.2, 0) is 0 Å². The molecule has 0 amide bonds. The lowest BCUT2D eigenvalue weighted by molar-refractivity contribution is 0.404. The Bertz CT molecular complexity index is 1580. The van der Waals surface area contributed by atoms with E-state index in [1.807, 2.05) is 83.1 Å². The summed E-state index contributed by atoms with van der Waals surface area (Å²) in [5.41, 5.74) is 4.50. The van der Waals surface area contributed by atoms with E-state index in [-0.39, 0.29) is 0 Å². The summed E-state index contributed by atoms with van der Waals surface area (Å²) in [5, 5.41) is 7.98. The molecule has 35 heavy (non-hydrogen) atoms. The Morgan fingerprint density at radius 1 is 0.886 bits per heavy atom. The zero-order valence-electron chi connectivity index (χ0n) is 19.6. The summed E-state index contributed by atoms with van der Waals surface area (Å²) >= 11 is 1.49. The van der Waals surface area contributed by atoms with Crippen LogP contribution >= 0.6 is 11.3 Å². The Labute approximate surface area is 206 Å². The van der Waals surface area contributed by atoms with Crippen molar-refractivity contribution in [2.75, 3.05) is 21.3 Å². The van der Waals surface area contributed by atoms with E-state index in [0.29, 0.717) is 10.6 Å². The SMILES string of the molecule is COc1cccc(N=c2scc(-c3cc(OC)ccc3OC)n2N=Cc2c[nH]c3ccccc23)c1. The van der Waals surface area contributed by atoms with E-state index < -0.39 is 0 Å². The molecule has 0 aliphatic rings. The second kappa shape index (κ2) is 9.90. The van der Waals surface area contributed by atoms with Crippen molar-refractivity contribution >= 4 is 34.1 Å². The Kier molecular flexibility index (Phi) is 6.36. The number of nitrogens with zero attached hydrogens (tertiary/aromatic N) is 3. The number of H-pyrrole nitrogens is 1. The molecule has 3 aromatic carbocycles. The first-order valence-corrected chi connectivity index (χ1v) is 11.8. The number of nitrogens with one attached hydrogen (secondary N) is 1. The van der Waals surface area contributed by atoms with E-state index in [4.69, 9.17) is 24.3 Å². The molecule has 8 heteroatoms. The van der Waals surface area contributed by atoms with Gasteiger partial charge in [0.1, 0.15) is 17.2 Å². The van der Waals surface area contributed by atoms with Gasteiger partial charge in [-0.05, 0) is 36.4 Å². The highest BCUT2D eigenvalue weighted by molar-refractivity contribution is 7.07. The molecule has 0 atom stereocenters. The first-order valence-electron chi connectivity index (χ1n) is 10.9. The summed E-state index contributed by atoms with van der Waals surface area (Å²) in [4.78, 5) is 8.86. The fourth-order valence-electron chi connectivity index (χ4n) is 3.80. The van der Waals surface area contributed by atoms with Gasteiger partial charge in [-0.3, -0.25) is 0 Å². The third kappa shape index (κ3) is 4.56. The lowest BCUT2D eigenvalue weighted by Gasteiger charge is -2.11. The maximum absolute atomic E-state index is 5.65. The molecule has 0 bridgehead atoms. The zero-order valence-corrected chi connectivity index (χ0v) is 20.4. The summed E-state index contributed by atoms with van der Waals surface area (Å²) in [6, 6.07) is 21.5. The van der Waals surface area contributed by atoms with Crippen LogP contribution in [0.25, 0.3) is 22.2 Å². The van der Waals surface area contributed by atoms with Crippen molar-refractivity contribution in [3.63, 3.8) is 0 Å². The van der Waals surface area contributed by atoms with E-state index in [9.17, 15) is 0 Å². The molecule has 5 aromatic rings. The average Bonchev–Trinajstić information content (AvgIpc) is 3.50. The summed E-state index contributed by atoms with van der Waals surface area (Å²) in [6.07, 6.45) is 3.79. The number of aromatic amines is 1. The molecular weight excluding hydrogens is 460 g/mol. The van der Waals surface area contributed by atoms with E-state index >= 15 is 0 Å². The molecule has 2 heterocycles. The molecule has 0 fully saturated rings. The standard InChI is InChI=1S/C27H24N4O3S/c1-32-20-8-6-7-19(13-20)30-27-31(29-16-18-15-28-24-10-5-4-9-22(18)24)25(17-35-27)23-14-21(33-2)11-12-26(23)34-3/h4-17,28H,1-3H3. The lowest BCUT2D eigenvalue weighted by atomic mass is 10.1. The molecule has 0 unspecified atom stereocenters. The number of methoxy groups -OCH3 is 3. The lowest BCUT2D eigenvalue weighted by Crippen LogP contribution is -2.12. The Balaban J connectivity index is 1.69. The quantitative estimate of drug-likeness (QED) is 0.295. The van der Waals surface area contributed by atoms with Crippen LogP contribution in [0, 0.1) is 0 Å². The summed E-state index contributed by atoms with van der Waals surface area (Å²) < 4.78 is 18.3. The Morgan fingerprint density at radius 3 is 2.54 bits per heavy atom. The molecule has 0 aliphatic heterocycles. The monoisotopic (exact) mass is 484 g/mol.